The van der Waals surface area contributed by atoms with Crippen molar-refractivity contribution in [2.45, 2.75) is 47.0 Å². The van der Waals surface area contributed by atoms with Crippen LogP contribution in [0.25, 0.3) is 0 Å². The molecule has 3 heteroatoms. The summed E-state index contributed by atoms with van der Waals surface area (Å²) in [5.74, 6) is 0.493. The van der Waals surface area contributed by atoms with Gasteiger partial charge in [-0.25, -0.2) is 0 Å². The van der Waals surface area contributed by atoms with Gasteiger partial charge in [0.25, 0.3) is 0 Å². The number of nitrogens with zero attached hydrogens (tertiary/aromatic N) is 3. The molecular weight excluding hydrogens is 174 g/mol. The van der Waals surface area contributed by atoms with Crippen molar-refractivity contribution < 1.29 is 0 Å². The molecule has 3 nitrogen and oxygen atoms in total. The standard InChI is InChI=1S/C11H21N3/c1-8(2)10-9(7-11(3,4)5)12-13-14(10)6/h8H,7H2,1-6H3. The van der Waals surface area contributed by atoms with E-state index in [1.165, 1.54) is 5.69 Å². The second-order valence-electron chi connectivity index (χ2n) is 5.44. The fraction of sp³-hybridized carbons (Fsp3) is 0.818. The summed E-state index contributed by atoms with van der Waals surface area (Å²) in [6.45, 7) is 11.1. The highest BCUT2D eigenvalue weighted by atomic mass is 15.4. The van der Waals surface area contributed by atoms with E-state index in [9.17, 15) is 0 Å². The normalized spacial score (nSPS) is 12.5. The third-order valence-electron chi connectivity index (χ3n) is 2.19. The zero-order chi connectivity index (χ0) is 10.9. The minimum Gasteiger partial charge on any atom is -0.252 e. The highest BCUT2D eigenvalue weighted by Crippen LogP contribution is 2.24. The predicted molar refractivity (Wildman–Crippen MR) is 58.3 cm³/mol. The second kappa shape index (κ2) is 3.71. The van der Waals surface area contributed by atoms with Crippen LogP contribution in [0.5, 0.6) is 0 Å². The maximum atomic E-state index is 4.24. The van der Waals surface area contributed by atoms with E-state index in [2.05, 4.69) is 44.9 Å². The number of hydrogen-bond acceptors (Lipinski definition) is 2. The van der Waals surface area contributed by atoms with E-state index in [1.54, 1.807) is 0 Å². The van der Waals surface area contributed by atoms with Crippen LogP contribution in [0, 0.1) is 5.41 Å². The van der Waals surface area contributed by atoms with Crippen LogP contribution in [0.3, 0.4) is 0 Å². The van der Waals surface area contributed by atoms with Crippen LogP contribution in [-0.4, -0.2) is 15.0 Å². The quantitative estimate of drug-likeness (QED) is 0.726. The summed E-state index contributed by atoms with van der Waals surface area (Å²) in [5.41, 5.74) is 2.69. The number of rotatable bonds is 2. The third kappa shape index (κ3) is 2.56. The number of hydrogen-bond donors (Lipinski definition) is 0. The number of aryl methyl sites for hydroxylation is 1. The maximum Gasteiger partial charge on any atom is 0.0866 e. The summed E-state index contributed by atoms with van der Waals surface area (Å²) >= 11 is 0. The molecule has 1 heterocycles. The largest absolute Gasteiger partial charge is 0.252 e. The van der Waals surface area contributed by atoms with Crippen molar-refractivity contribution >= 4 is 0 Å². The molecule has 1 rings (SSSR count). The summed E-state index contributed by atoms with van der Waals surface area (Å²) in [4.78, 5) is 0. The van der Waals surface area contributed by atoms with Gasteiger partial charge in [-0.05, 0) is 17.8 Å². The Labute approximate surface area is 86.5 Å². The molecule has 0 unspecified atom stereocenters. The Kier molecular flexibility index (Phi) is 2.98. The van der Waals surface area contributed by atoms with Gasteiger partial charge in [-0.1, -0.05) is 39.8 Å². The van der Waals surface area contributed by atoms with Gasteiger partial charge in [0, 0.05) is 7.05 Å². The molecule has 0 atom stereocenters. The molecule has 0 spiro atoms. The maximum absolute atomic E-state index is 4.24. The summed E-state index contributed by atoms with van der Waals surface area (Å²) < 4.78 is 1.89. The smallest absolute Gasteiger partial charge is 0.0866 e. The van der Waals surface area contributed by atoms with Crippen molar-refractivity contribution in [2.24, 2.45) is 12.5 Å². The van der Waals surface area contributed by atoms with Gasteiger partial charge in [0.05, 0.1) is 11.4 Å². The molecule has 0 aliphatic heterocycles. The third-order valence-corrected chi connectivity index (χ3v) is 2.19. The first-order chi connectivity index (χ1) is 6.31. The first-order valence-electron chi connectivity index (χ1n) is 5.19. The average molecular weight is 195 g/mol. The van der Waals surface area contributed by atoms with Crippen LogP contribution >= 0.6 is 0 Å². The van der Waals surface area contributed by atoms with Crippen LogP contribution in [0.4, 0.5) is 0 Å². The Morgan fingerprint density at radius 3 is 2.29 bits per heavy atom. The van der Waals surface area contributed by atoms with E-state index < -0.39 is 0 Å². The Bertz CT molecular complexity index is 305. The molecule has 0 saturated heterocycles. The van der Waals surface area contributed by atoms with Gasteiger partial charge in [0.15, 0.2) is 0 Å². The van der Waals surface area contributed by atoms with Crippen LogP contribution < -0.4 is 0 Å². The van der Waals surface area contributed by atoms with Gasteiger partial charge in [0.1, 0.15) is 0 Å². The van der Waals surface area contributed by atoms with Crippen LogP contribution in [0.15, 0.2) is 0 Å². The molecule has 0 aromatic carbocycles. The predicted octanol–water partition coefficient (Wildman–Crippen LogP) is 2.53. The highest BCUT2D eigenvalue weighted by molar-refractivity contribution is 5.15. The molecular formula is C11H21N3. The zero-order valence-corrected chi connectivity index (χ0v) is 10.1. The topological polar surface area (TPSA) is 30.7 Å². The van der Waals surface area contributed by atoms with Gasteiger partial charge in [-0.2, -0.15) is 0 Å². The molecule has 0 radical (unpaired) electrons. The summed E-state index contributed by atoms with van der Waals surface area (Å²) in [5, 5.41) is 8.32. The SMILES string of the molecule is CC(C)c1c(CC(C)(C)C)nnn1C. The molecule has 1 aromatic heterocycles. The fourth-order valence-corrected chi connectivity index (χ4v) is 1.74. The van der Waals surface area contributed by atoms with E-state index in [1.807, 2.05) is 11.7 Å². The Balaban J connectivity index is 2.98. The number of aromatic nitrogens is 3. The van der Waals surface area contributed by atoms with Crippen molar-refractivity contribution in [1.29, 1.82) is 0 Å². The van der Waals surface area contributed by atoms with E-state index in [4.69, 9.17) is 0 Å². The van der Waals surface area contributed by atoms with E-state index in [0.29, 0.717) is 5.92 Å². The van der Waals surface area contributed by atoms with E-state index in [0.717, 1.165) is 12.1 Å². The lowest BCUT2D eigenvalue weighted by atomic mass is 9.88. The van der Waals surface area contributed by atoms with Crippen molar-refractivity contribution in [1.82, 2.24) is 15.0 Å². The monoisotopic (exact) mass is 195 g/mol. The first-order valence-corrected chi connectivity index (χ1v) is 5.19. The van der Waals surface area contributed by atoms with Crippen LogP contribution in [0.1, 0.15) is 51.9 Å². The molecule has 0 bridgehead atoms. The second-order valence-corrected chi connectivity index (χ2v) is 5.44. The lowest BCUT2D eigenvalue weighted by Gasteiger charge is -2.18. The van der Waals surface area contributed by atoms with E-state index >= 15 is 0 Å². The minimum absolute atomic E-state index is 0.277. The van der Waals surface area contributed by atoms with Crippen molar-refractivity contribution in [3.63, 3.8) is 0 Å². The van der Waals surface area contributed by atoms with Crippen molar-refractivity contribution in [2.75, 3.05) is 0 Å². The molecule has 0 aliphatic carbocycles. The lowest BCUT2D eigenvalue weighted by Crippen LogP contribution is -2.12. The van der Waals surface area contributed by atoms with Crippen LogP contribution in [0.2, 0.25) is 0 Å². The molecule has 0 saturated carbocycles. The van der Waals surface area contributed by atoms with Gasteiger partial charge in [-0.15, -0.1) is 5.10 Å². The minimum atomic E-state index is 0.277. The van der Waals surface area contributed by atoms with Gasteiger partial charge in [-0.3, -0.25) is 4.68 Å². The Morgan fingerprint density at radius 2 is 1.86 bits per heavy atom. The van der Waals surface area contributed by atoms with Crippen LogP contribution in [-0.2, 0) is 13.5 Å². The molecule has 80 valence electrons. The molecule has 0 amide bonds. The zero-order valence-electron chi connectivity index (χ0n) is 10.1. The molecule has 0 aliphatic rings. The molecule has 1 aromatic rings. The average Bonchev–Trinajstić information content (AvgIpc) is 2.27. The molecule has 14 heavy (non-hydrogen) atoms. The van der Waals surface area contributed by atoms with Crippen molar-refractivity contribution in [3.8, 4) is 0 Å². The summed E-state index contributed by atoms with van der Waals surface area (Å²) in [7, 11) is 1.97. The molecule has 0 N–H and O–H groups in total. The highest BCUT2D eigenvalue weighted by Gasteiger charge is 2.19. The van der Waals surface area contributed by atoms with Gasteiger partial charge < -0.3 is 0 Å². The Hall–Kier alpha value is -0.860. The first kappa shape index (κ1) is 11.2. The molecule has 0 fully saturated rings. The summed E-state index contributed by atoms with van der Waals surface area (Å²) in [6, 6.07) is 0. The lowest BCUT2D eigenvalue weighted by molar-refractivity contribution is 0.404. The van der Waals surface area contributed by atoms with Gasteiger partial charge in [0.2, 0.25) is 0 Å². The summed E-state index contributed by atoms with van der Waals surface area (Å²) in [6.07, 6.45) is 0.994. The van der Waals surface area contributed by atoms with Gasteiger partial charge >= 0.3 is 0 Å². The fourth-order valence-electron chi connectivity index (χ4n) is 1.74. The Morgan fingerprint density at radius 1 is 1.29 bits per heavy atom. The van der Waals surface area contributed by atoms with E-state index in [-0.39, 0.29) is 5.41 Å². The van der Waals surface area contributed by atoms with Crippen molar-refractivity contribution in [3.05, 3.63) is 11.4 Å².